The molecular formula is C19H26N2O2. The highest BCUT2D eigenvalue weighted by atomic mass is 16.2. The van der Waals surface area contributed by atoms with E-state index in [1.54, 1.807) is 6.92 Å². The molecule has 0 unspecified atom stereocenters. The Labute approximate surface area is 138 Å². The Kier molecular flexibility index (Phi) is 4.42. The van der Waals surface area contributed by atoms with E-state index in [9.17, 15) is 9.59 Å². The van der Waals surface area contributed by atoms with Crippen LogP contribution in [0.5, 0.6) is 0 Å². The monoisotopic (exact) mass is 314 g/mol. The molecule has 1 heterocycles. The molecule has 2 fully saturated rings. The molecule has 1 saturated carbocycles. The molecular weight excluding hydrogens is 288 g/mol. The van der Waals surface area contributed by atoms with E-state index in [1.165, 1.54) is 16.7 Å². The van der Waals surface area contributed by atoms with Gasteiger partial charge in [-0.2, -0.15) is 0 Å². The number of rotatable bonds is 2. The van der Waals surface area contributed by atoms with Crippen LogP contribution < -0.4 is 0 Å². The second-order valence-corrected chi connectivity index (χ2v) is 6.98. The molecule has 0 bridgehead atoms. The summed E-state index contributed by atoms with van der Waals surface area (Å²) in [6.45, 7) is 8.74. The van der Waals surface area contributed by atoms with Crippen molar-refractivity contribution in [3.63, 3.8) is 0 Å². The lowest BCUT2D eigenvalue weighted by molar-refractivity contribution is -0.133. The normalized spacial score (nSPS) is 24.3. The van der Waals surface area contributed by atoms with Gasteiger partial charge in [-0.15, -0.1) is 0 Å². The standard InChI is InChI=1S/C19H26N2O2/c1-13-5-6-16(11-14(13)2)17-12-18(17)19(23)21-8-4-7-20(9-10-21)15(3)22/h5-6,11,17-18H,4,7-10,12H2,1-3H3/t17-,18-/m1/s1. The van der Waals surface area contributed by atoms with Gasteiger partial charge in [-0.1, -0.05) is 18.2 Å². The van der Waals surface area contributed by atoms with Gasteiger partial charge in [0.05, 0.1) is 0 Å². The van der Waals surface area contributed by atoms with Gasteiger partial charge in [-0.05, 0) is 49.3 Å². The van der Waals surface area contributed by atoms with Gasteiger partial charge < -0.3 is 9.80 Å². The van der Waals surface area contributed by atoms with Crippen molar-refractivity contribution < 1.29 is 9.59 Å². The lowest BCUT2D eigenvalue weighted by atomic mass is 10.0. The first-order valence-electron chi connectivity index (χ1n) is 8.59. The molecule has 1 saturated heterocycles. The lowest BCUT2D eigenvalue weighted by Crippen LogP contribution is -2.37. The maximum Gasteiger partial charge on any atom is 0.226 e. The summed E-state index contributed by atoms with van der Waals surface area (Å²) in [4.78, 5) is 28.1. The van der Waals surface area contributed by atoms with Gasteiger partial charge in [0.2, 0.25) is 11.8 Å². The quantitative estimate of drug-likeness (QED) is 0.841. The van der Waals surface area contributed by atoms with Crippen LogP contribution in [-0.4, -0.2) is 47.8 Å². The van der Waals surface area contributed by atoms with Gasteiger partial charge in [-0.3, -0.25) is 9.59 Å². The third-order valence-electron chi connectivity index (χ3n) is 5.32. The van der Waals surface area contributed by atoms with E-state index in [0.29, 0.717) is 19.0 Å². The van der Waals surface area contributed by atoms with Crippen LogP contribution in [0.1, 0.15) is 42.4 Å². The third-order valence-corrected chi connectivity index (χ3v) is 5.32. The molecule has 4 heteroatoms. The SMILES string of the molecule is CC(=O)N1CCCN(C(=O)[C@@H]2C[C@@H]2c2ccc(C)c(C)c2)CC1. The summed E-state index contributed by atoms with van der Waals surface area (Å²) < 4.78 is 0. The van der Waals surface area contributed by atoms with Crippen LogP contribution in [0, 0.1) is 19.8 Å². The Morgan fingerprint density at radius 3 is 2.39 bits per heavy atom. The van der Waals surface area contributed by atoms with Crippen molar-refractivity contribution >= 4 is 11.8 Å². The van der Waals surface area contributed by atoms with Crippen molar-refractivity contribution in [2.24, 2.45) is 5.92 Å². The summed E-state index contributed by atoms with van der Waals surface area (Å²) in [5.41, 5.74) is 3.90. The molecule has 0 aromatic heterocycles. The van der Waals surface area contributed by atoms with Crippen molar-refractivity contribution in [1.82, 2.24) is 9.80 Å². The molecule has 3 rings (SSSR count). The van der Waals surface area contributed by atoms with E-state index >= 15 is 0 Å². The number of benzene rings is 1. The predicted molar refractivity (Wildman–Crippen MR) is 90.2 cm³/mol. The van der Waals surface area contributed by atoms with Crippen molar-refractivity contribution in [2.75, 3.05) is 26.2 Å². The van der Waals surface area contributed by atoms with E-state index in [1.807, 2.05) is 9.80 Å². The molecule has 4 nitrogen and oxygen atoms in total. The molecule has 1 aliphatic carbocycles. The van der Waals surface area contributed by atoms with Gasteiger partial charge in [0.25, 0.3) is 0 Å². The number of carbonyl (C=O) groups is 2. The van der Waals surface area contributed by atoms with Gasteiger partial charge >= 0.3 is 0 Å². The van der Waals surface area contributed by atoms with E-state index in [2.05, 4.69) is 32.0 Å². The highest BCUT2D eigenvalue weighted by molar-refractivity contribution is 5.83. The lowest BCUT2D eigenvalue weighted by Gasteiger charge is -2.21. The first-order chi connectivity index (χ1) is 11.0. The second kappa shape index (κ2) is 6.34. The van der Waals surface area contributed by atoms with Crippen LogP contribution in [0.25, 0.3) is 0 Å². The summed E-state index contributed by atoms with van der Waals surface area (Å²) in [5, 5.41) is 0. The van der Waals surface area contributed by atoms with Crippen molar-refractivity contribution in [3.8, 4) is 0 Å². The molecule has 1 aromatic carbocycles. The molecule has 1 aromatic rings. The highest BCUT2D eigenvalue weighted by Crippen LogP contribution is 2.48. The zero-order valence-corrected chi connectivity index (χ0v) is 14.3. The smallest absolute Gasteiger partial charge is 0.226 e. The maximum absolute atomic E-state index is 12.7. The van der Waals surface area contributed by atoms with E-state index in [-0.39, 0.29) is 17.7 Å². The minimum Gasteiger partial charge on any atom is -0.341 e. The van der Waals surface area contributed by atoms with Crippen molar-refractivity contribution in [1.29, 1.82) is 0 Å². The molecule has 2 atom stereocenters. The Bertz CT molecular complexity index is 626. The fourth-order valence-electron chi connectivity index (χ4n) is 3.52. The molecule has 0 radical (unpaired) electrons. The first-order valence-corrected chi connectivity index (χ1v) is 8.59. The number of amides is 2. The van der Waals surface area contributed by atoms with Gasteiger partial charge in [0.15, 0.2) is 0 Å². The van der Waals surface area contributed by atoms with Gasteiger partial charge in [-0.25, -0.2) is 0 Å². The predicted octanol–water partition coefficient (Wildman–Crippen LogP) is 2.49. The zero-order valence-electron chi connectivity index (χ0n) is 14.3. The molecule has 23 heavy (non-hydrogen) atoms. The minimum absolute atomic E-state index is 0.110. The third kappa shape index (κ3) is 3.41. The zero-order chi connectivity index (χ0) is 16.6. The number of carbonyl (C=O) groups excluding carboxylic acids is 2. The Morgan fingerprint density at radius 1 is 1.00 bits per heavy atom. The number of hydrogen-bond donors (Lipinski definition) is 0. The van der Waals surface area contributed by atoms with Crippen LogP contribution in [0.3, 0.4) is 0 Å². The maximum atomic E-state index is 12.7. The highest BCUT2D eigenvalue weighted by Gasteiger charge is 2.45. The second-order valence-electron chi connectivity index (χ2n) is 6.98. The summed E-state index contributed by atoms with van der Waals surface area (Å²) in [6, 6.07) is 6.55. The summed E-state index contributed by atoms with van der Waals surface area (Å²) in [6.07, 6.45) is 1.85. The minimum atomic E-state index is 0.110. The summed E-state index contributed by atoms with van der Waals surface area (Å²) in [7, 11) is 0. The van der Waals surface area contributed by atoms with Gasteiger partial charge in [0, 0.05) is 39.0 Å². The molecule has 0 N–H and O–H groups in total. The number of aryl methyl sites for hydroxylation is 2. The summed E-state index contributed by atoms with van der Waals surface area (Å²) >= 11 is 0. The van der Waals surface area contributed by atoms with Crippen molar-refractivity contribution in [3.05, 3.63) is 34.9 Å². The molecule has 2 amide bonds. The first kappa shape index (κ1) is 16.0. The van der Waals surface area contributed by atoms with Crippen molar-refractivity contribution in [2.45, 2.75) is 39.5 Å². The fraction of sp³-hybridized carbons (Fsp3) is 0.579. The topological polar surface area (TPSA) is 40.6 Å². The van der Waals surface area contributed by atoms with Crippen LogP contribution >= 0.6 is 0 Å². The Morgan fingerprint density at radius 2 is 1.70 bits per heavy atom. The molecule has 2 aliphatic rings. The number of hydrogen-bond acceptors (Lipinski definition) is 2. The summed E-state index contributed by atoms with van der Waals surface area (Å²) in [5.74, 6) is 0.910. The van der Waals surface area contributed by atoms with Gasteiger partial charge in [0.1, 0.15) is 0 Å². The number of nitrogens with zero attached hydrogens (tertiary/aromatic N) is 2. The molecule has 1 aliphatic heterocycles. The Balaban J connectivity index is 1.61. The van der Waals surface area contributed by atoms with Crippen LogP contribution in [0.15, 0.2) is 18.2 Å². The fourth-order valence-corrected chi connectivity index (χ4v) is 3.52. The van der Waals surface area contributed by atoms with E-state index in [4.69, 9.17) is 0 Å². The molecule has 0 spiro atoms. The average Bonchev–Trinajstić information content (AvgIpc) is 3.32. The van der Waals surface area contributed by atoms with E-state index in [0.717, 1.165) is 25.9 Å². The largest absolute Gasteiger partial charge is 0.341 e. The molecule has 124 valence electrons. The van der Waals surface area contributed by atoms with E-state index < -0.39 is 0 Å². The van der Waals surface area contributed by atoms with Crippen LogP contribution in [0.4, 0.5) is 0 Å². The van der Waals surface area contributed by atoms with Crippen LogP contribution in [-0.2, 0) is 9.59 Å². The average molecular weight is 314 g/mol. The Hall–Kier alpha value is -1.84. The van der Waals surface area contributed by atoms with Crippen LogP contribution in [0.2, 0.25) is 0 Å².